The minimum Gasteiger partial charge on any atom is -0.462 e. The van der Waals surface area contributed by atoms with Crippen molar-refractivity contribution in [2.24, 2.45) is 0 Å². The van der Waals surface area contributed by atoms with Gasteiger partial charge in [0.15, 0.2) is 0 Å². The third-order valence-electron chi connectivity index (χ3n) is 2.34. The van der Waals surface area contributed by atoms with Gasteiger partial charge in [0.05, 0.1) is 24.8 Å². The summed E-state index contributed by atoms with van der Waals surface area (Å²) in [5.74, 6) is 0.264. The summed E-state index contributed by atoms with van der Waals surface area (Å²) >= 11 is 0. The van der Waals surface area contributed by atoms with E-state index in [0.29, 0.717) is 18.0 Å². The first-order chi connectivity index (χ1) is 8.21. The van der Waals surface area contributed by atoms with E-state index in [0.717, 1.165) is 6.42 Å². The van der Waals surface area contributed by atoms with Gasteiger partial charge in [-0.3, -0.25) is 0 Å². The van der Waals surface area contributed by atoms with Crippen LogP contribution in [-0.2, 0) is 4.74 Å². The van der Waals surface area contributed by atoms with Crippen molar-refractivity contribution in [1.29, 1.82) is 0 Å². The van der Waals surface area contributed by atoms with Gasteiger partial charge in [-0.25, -0.2) is 9.78 Å². The molecule has 5 heteroatoms. The molecule has 1 aromatic rings. The number of pyridine rings is 1. The van der Waals surface area contributed by atoms with E-state index in [9.17, 15) is 4.79 Å². The fourth-order valence-electron chi connectivity index (χ4n) is 1.30. The lowest BCUT2D eigenvalue weighted by atomic mass is 10.2. The average molecular weight is 238 g/mol. The quantitative estimate of drug-likeness (QED) is 0.734. The molecule has 94 valence electrons. The van der Waals surface area contributed by atoms with Crippen molar-refractivity contribution in [3.05, 3.63) is 23.9 Å². The standard InChI is InChI=1S/C12H18N2O3/c1-3-10(8-15)14-11-6-5-9(7-13-11)12(16)17-4-2/h5-7,10,15H,3-4,8H2,1-2H3,(H,13,14)/t10-/m0/s1. The molecule has 0 aliphatic heterocycles. The number of carbonyl (C=O) groups is 1. The minimum absolute atomic E-state index is 0.0176. The van der Waals surface area contributed by atoms with Crippen LogP contribution in [0.3, 0.4) is 0 Å². The van der Waals surface area contributed by atoms with Crippen molar-refractivity contribution >= 4 is 11.8 Å². The lowest BCUT2D eigenvalue weighted by Gasteiger charge is -2.14. The van der Waals surface area contributed by atoms with Crippen molar-refractivity contribution in [3.63, 3.8) is 0 Å². The van der Waals surface area contributed by atoms with Crippen LogP contribution < -0.4 is 5.32 Å². The molecule has 0 unspecified atom stereocenters. The Kier molecular flexibility index (Phi) is 5.42. The summed E-state index contributed by atoms with van der Waals surface area (Å²) in [6, 6.07) is 3.33. The molecule has 0 bridgehead atoms. The summed E-state index contributed by atoms with van der Waals surface area (Å²) in [6.45, 7) is 4.13. The van der Waals surface area contributed by atoms with Crippen molar-refractivity contribution in [2.75, 3.05) is 18.5 Å². The van der Waals surface area contributed by atoms with Gasteiger partial charge in [0.2, 0.25) is 0 Å². The lowest BCUT2D eigenvalue weighted by Crippen LogP contribution is -2.23. The number of hydrogen-bond acceptors (Lipinski definition) is 5. The molecule has 1 aromatic heterocycles. The Morgan fingerprint density at radius 2 is 2.29 bits per heavy atom. The van der Waals surface area contributed by atoms with Crippen molar-refractivity contribution in [2.45, 2.75) is 26.3 Å². The SMILES string of the molecule is CCOC(=O)c1ccc(N[C@@H](CC)CO)nc1. The van der Waals surface area contributed by atoms with E-state index < -0.39 is 0 Å². The van der Waals surface area contributed by atoms with Gasteiger partial charge in [0.25, 0.3) is 0 Å². The fourth-order valence-corrected chi connectivity index (χ4v) is 1.30. The molecule has 0 aromatic carbocycles. The second kappa shape index (κ2) is 6.85. The number of nitrogens with one attached hydrogen (secondary N) is 1. The van der Waals surface area contributed by atoms with Crippen LogP contribution in [-0.4, -0.2) is 35.3 Å². The first kappa shape index (κ1) is 13.4. The number of nitrogens with zero attached hydrogens (tertiary/aromatic N) is 1. The highest BCUT2D eigenvalue weighted by molar-refractivity contribution is 5.89. The number of aromatic nitrogens is 1. The smallest absolute Gasteiger partial charge is 0.339 e. The number of carbonyl (C=O) groups excluding carboxylic acids is 1. The van der Waals surface area contributed by atoms with E-state index in [1.807, 2.05) is 6.92 Å². The Morgan fingerprint density at radius 3 is 2.76 bits per heavy atom. The second-order valence-corrected chi connectivity index (χ2v) is 3.58. The molecule has 0 fully saturated rings. The van der Waals surface area contributed by atoms with Gasteiger partial charge in [0, 0.05) is 6.20 Å². The Balaban J connectivity index is 2.64. The zero-order chi connectivity index (χ0) is 12.7. The zero-order valence-corrected chi connectivity index (χ0v) is 10.1. The summed E-state index contributed by atoms with van der Waals surface area (Å²) in [6.07, 6.45) is 2.27. The maximum absolute atomic E-state index is 11.4. The summed E-state index contributed by atoms with van der Waals surface area (Å²) in [7, 11) is 0. The van der Waals surface area contributed by atoms with E-state index in [1.165, 1.54) is 6.20 Å². The Labute approximate surface area is 101 Å². The number of aliphatic hydroxyl groups is 1. The topological polar surface area (TPSA) is 71.5 Å². The molecule has 0 saturated carbocycles. The molecule has 0 aliphatic carbocycles. The highest BCUT2D eigenvalue weighted by Gasteiger charge is 2.08. The van der Waals surface area contributed by atoms with E-state index >= 15 is 0 Å². The first-order valence-electron chi connectivity index (χ1n) is 5.71. The predicted octanol–water partition coefficient (Wildman–Crippen LogP) is 1.44. The predicted molar refractivity (Wildman–Crippen MR) is 65.0 cm³/mol. The van der Waals surface area contributed by atoms with Gasteiger partial charge in [-0.2, -0.15) is 0 Å². The van der Waals surface area contributed by atoms with Crippen LogP contribution in [0.25, 0.3) is 0 Å². The zero-order valence-electron chi connectivity index (χ0n) is 10.1. The molecule has 1 rings (SSSR count). The van der Waals surface area contributed by atoms with E-state index in [4.69, 9.17) is 9.84 Å². The van der Waals surface area contributed by atoms with Crippen LogP contribution in [0.2, 0.25) is 0 Å². The molecule has 1 atom stereocenters. The van der Waals surface area contributed by atoms with E-state index in [-0.39, 0.29) is 18.6 Å². The Morgan fingerprint density at radius 1 is 1.53 bits per heavy atom. The molecule has 5 nitrogen and oxygen atoms in total. The van der Waals surface area contributed by atoms with Gasteiger partial charge < -0.3 is 15.2 Å². The Hall–Kier alpha value is -1.62. The molecule has 0 saturated heterocycles. The van der Waals surface area contributed by atoms with Crippen LogP contribution in [0.5, 0.6) is 0 Å². The van der Waals surface area contributed by atoms with E-state index in [2.05, 4.69) is 10.3 Å². The molecular weight excluding hydrogens is 220 g/mol. The van der Waals surface area contributed by atoms with Gasteiger partial charge in [-0.1, -0.05) is 6.92 Å². The molecule has 0 aliphatic rings. The highest BCUT2D eigenvalue weighted by atomic mass is 16.5. The van der Waals surface area contributed by atoms with Crippen LogP contribution >= 0.6 is 0 Å². The van der Waals surface area contributed by atoms with Crippen LogP contribution in [0.4, 0.5) is 5.82 Å². The molecule has 0 spiro atoms. The maximum Gasteiger partial charge on any atom is 0.339 e. The Bertz CT molecular complexity index is 347. The summed E-state index contributed by atoms with van der Waals surface area (Å²) in [5, 5.41) is 12.1. The number of hydrogen-bond donors (Lipinski definition) is 2. The molecular formula is C12H18N2O3. The molecule has 17 heavy (non-hydrogen) atoms. The molecule has 0 amide bonds. The van der Waals surface area contributed by atoms with Gasteiger partial charge >= 0.3 is 5.97 Å². The van der Waals surface area contributed by atoms with E-state index in [1.54, 1.807) is 19.1 Å². The normalized spacial score (nSPS) is 11.9. The summed E-state index contributed by atoms with van der Waals surface area (Å²) in [4.78, 5) is 15.5. The van der Waals surface area contributed by atoms with Gasteiger partial charge in [-0.05, 0) is 25.5 Å². The fraction of sp³-hybridized carbons (Fsp3) is 0.500. The van der Waals surface area contributed by atoms with Crippen molar-refractivity contribution < 1.29 is 14.6 Å². The number of esters is 1. The van der Waals surface area contributed by atoms with Crippen LogP contribution in [0.15, 0.2) is 18.3 Å². The van der Waals surface area contributed by atoms with Crippen LogP contribution in [0.1, 0.15) is 30.6 Å². The minimum atomic E-state index is -0.374. The monoisotopic (exact) mass is 238 g/mol. The molecule has 0 radical (unpaired) electrons. The number of ether oxygens (including phenoxy) is 1. The lowest BCUT2D eigenvalue weighted by molar-refractivity contribution is 0.0526. The van der Waals surface area contributed by atoms with Gasteiger partial charge in [0.1, 0.15) is 5.82 Å². The largest absolute Gasteiger partial charge is 0.462 e. The first-order valence-corrected chi connectivity index (χ1v) is 5.71. The number of rotatable bonds is 6. The maximum atomic E-state index is 11.4. The van der Waals surface area contributed by atoms with Crippen molar-refractivity contribution in [3.8, 4) is 0 Å². The number of anilines is 1. The van der Waals surface area contributed by atoms with Crippen LogP contribution in [0, 0.1) is 0 Å². The second-order valence-electron chi connectivity index (χ2n) is 3.58. The molecule has 1 heterocycles. The highest BCUT2D eigenvalue weighted by Crippen LogP contribution is 2.08. The summed E-state index contributed by atoms with van der Waals surface area (Å²) < 4.78 is 4.85. The molecule has 2 N–H and O–H groups in total. The van der Waals surface area contributed by atoms with Gasteiger partial charge in [-0.15, -0.1) is 0 Å². The third kappa shape index (κ3) is 4.03. The third-order valence-corrected chi connectivity index (χ3v) is 2.34. The number of aliphatic hydroxyl groups excluding tert-OH is 1. The average Bonchev–Trinajstić information content (AvgIpc) is 2.37. The summed E-state index contributed by atoms with van der Waals surface area (Å²) in [5.41, 5.74) is 0.425. The van der Waals surface area contributed by atoms with Crippen molar-refractivity contribution in [1.82, 2.24) is 4.98 Å².